The third-order valence-electron chi connectivity index (χ3n) is 1.56. The van der Waals surface area contributed by atoms with Gasteiger partial charge in [0.2, 0.25) is 0 Å². The third kappa shape index (κ3) is 2.35. The van der Waals surface area contributed by atoms with Crippen molar-refractivity contribution in [2.75, 3.05) is 0 Å². The molecule has 1 aromatic carbocycles. The molecule has 70 valence electrons. The summed E-state index contributed by atoms with van der Waals surface area (Å²) in [6.07, 6.45) is 2.24. The van der Waals surface area contributed by atoms with E-state index in [-0.39, 0.29) is 11.3 Å². The maximum absolute atomic E-state index is 10.2. The van der Waals surface area contributed by atoms with Crippen LogP contribution >= 0.6 is 0 Å². The summed E-state index contributed by atoms with van der Waals surface area (Å²) in [7, 11) is 0. The van der Waals surface area contributed by atoms with E-state index in [9.17, 15) is 4.79 Å². The minimum Gasteiger partial charge on any atom is -0.508 e. The number of nitrogens with zero attached hydrogens (tertiary/aromatic N) is 1. The number of carboxylic acids is 1. The molecule has 0 saturated carbocycles. The molecule has 1 rings (SSSR count). The van der Waals surface area contributed by atoms with E-state index in [0.717, 1.165) is 6.08 Å². The Kier molecular flexibility index (Phi) is 2.87. The number of nitriles is 1. The molecule has 0 amide bonds. The number of rotatable bonds is 2. The van der Waals surface area contributed by atoms with Gasteiger partial charge in [-0.3, -0.25) is 0 Å². The molecule has 0 saturated heterocycles. The molecule has 4 heteroatoms. The molecule has 14 heavy (non-hydrogen) atoms. The van der Waals surface area contributed by atoms with Gasteiger partial charge in [0.25, 0.3) is 0 Å². The molecule has 0 aromatic heterocycles. The quantitative estimate of drug-likeness (QED) is 0.688. The Bertz CT molecular complexity index is 429. The Morgan fingerprint density at radius 2 is 2.21 bits per heavy atom. The van der Waals surface area contributed by atoms with E-state index in [4.69, 9.17) is 15.5 Å². The Labute approximate surface area is 80.3 Å². The summed E-state index contributed by atoms with van der Waals surface area (Å²) in [5, 5.41) is 26.1. The van der Waals surface area contributed by atoms with Crippen LogP contribution in [0.15, 0.2) is 24.3 Å². The number of hydrogen-bond donors (Lipinski definition) is 2. The van der Waals surface area contributed by atoms with Gasteiger partial charge in [0.1, 0.15) is 5.75 Å². The van der Waals surface area contributed by atoms with Gasteiger partial charge in [-0.2, -0.15) is 5.26 Å². The minimum absolute atomic E-state index is 0.0194. The van der Waals surface area contributed by atoms with Gasteiger partial charge < -0.3 is 10.2 Å². The van der Waals surface area contributed by atoms with Crippen LogP contribution in [0, 0.1) is 11.3 Å². The van der Waals surface area contributed by atoms with Crippen molar-refractivity contribution >= 4 is 12.0 Å². The first-order valence-corrected chi connectivity index (χ1v) is 3.77. The van der Waals surface area contributed by atoms with Crippen LogP contribution < -0.4 is 0 Å². The van der Waals surface area contributed by atoms with E-state index in [1.54, 1.807) is 0 Å². The van der Waals surface area contributed by atoms with Crippen molar-refractivity contribution in [2.24, 2.45) is 0 Å². The second kappa shape index (κ2) is 4.10. The SMILES string of the molecule is N#Cc1cc(O)ccc1/C=C\C(=O)O. The number of aromatic hydroxyl groups is 1. The van der Waals surface area contributed by atoms with Crippen molar-refractivity contribution in [3.05, 3.63) is 35.4 Å². The molecule has 0 bridgehead atoms. The summed E-state index contributed by atoms with van der Waals surface area (Å²) in [4.78, 5) is 10.2. The Morgan fingerprint density at radius 3 is 2.79 bits per heavy atom. The van der Waals surface area contributed by atoms with Gasteiger partial charge in [-0.15, -0.1) is 0 Å². The van der Waals surface area contributed by atoms with Gasteiger partial charge in [-0.25, -0.2) is 4.79 Å². The summed E-state index contributed by atoms with van der Waals surface area (Å²) in [5.74, 6) is -1.10. The van der Waals surface area contributed by atoms with Gasteiger partial charge in [0, 0.05) is 6.08 Å². The van der Waals surface area contributed by atoms with Gasteiger partial charge >= 0.3 is 5.97 Å². The molecular weight excluding hydrogens is 182 g/mol. The number of phenols is 1. The summed E-state index contributed by atoms with van der Waals surface area (Å²) in [6.45, 7) is 0. The summed E-state index contributed by atoms with van der Waals surface area (Å²) in [5.41, 5.74) is 0.704. The molecule has 0 aliphatic rings. The van der Waals surface area contributed by atoms with Gasteiger partial charge in [0.05, 0.1) is 11.6 Å². The average molecular weight is 189 g/mol. The normalized spacial score (nSPS) is 9.93. The predicted molar refractivity (Wildman–Crippen MR) is 49.5 cm³/mol. The van der Waals surface area contributed by atoms with Crippen molar-refractivity contribution in [1.82, 2.24) is 0 Å². The monoisotopic (exact) mass is 189 g/mol. The fraction of sp³-hybridized carbons (Fsp3) is 0. The zero-order chi connectivity index (χ0) is 10.6. The van der Waals surface area contributed by atoms with E-state index < -0.39 is 5.97 Å². The fourth-order valence-corrected chi connectivity index (χ4v) is 0.947. The maximum Gasteiger partial charge on any atom is 0.328 e. The number of phenolic OH excluding ortho intramolecular Hbond substituents is 1. The van der Waals surface area contributed by atoms with Crippen LogP contribution in [0.25, 0.3) is 6.08 Å². The van der Waals surface area contributed by atoms with E-state index in [0.29, 0.717) is 5.56 Å². The highest BCUT2D eigenvalue weighted by molar-refractivity contribution is 5.85. The lowest BCUT2D eigenvalue weighted by atomic mass is 10.1. The van der Waals surface area contributed by atoms with E-state index >= 15 is 0 Å². The average Bonchev–Trinajstić information content (AvgIpc) is 2.15. The zero-order valence-electron chi connectivity index (χ0n) is 7.14. The van der Waals surface area contributed by atoms with Crippen LogP contribution in [0.5, 0.6) is 5.75 Å². The van der Waals surface area contributed by atoms with E-state index in [1.807, 2.05) is 6.07 Å². The van der Waals surface area contributed by atoms with Crippen LogP contribution in [0.3, 0.4) is 0 Å². The molecule has 2 N–H and O–H groups in total. The Hall–Kier alpha value is -2.28. The molecule has 1 aromatic rings. The van der Waals surface area contributed by atoms with Gasteiger partial charge in [0.15, 0.2) is 0 Å². The van der Waals surface area contributed by atoms with Gasteiger partial charge in [-0.05, 0) is 29.8 Å². The van der Waals surface area contributed by atoms with E-state index in [1.165, 1.54) is 24.3 Å². The Balaban J connectivity index is 3.10. The first-order chi connectivity index (χ1) is 6.63. The molecule has 0 unspecified atom stereocenters. The number of hydrogen-bond acceptors (Lipinski definition) is 3. The largest absolute Gasteiger partial charge is 0.508 e. The second-order valence-electron chi connectivity index (χ2n) is 2.55. The van der Waals surface area contributed by atoms with Crippen molar-refractivity contribution in [3.8, 4) is 11.8 Å². The van der Waals surface area contributed by atoms with Gasteiger partial charge in [-0.1, -0.05) is 0 Å². The van der Waals surface area contributed by atoms with Crippen molar-refractivity contribution in [3.63, 3.8) is 0 Å². The molecule has 0 radical (unpaired) electrons. The molecule has 0 aliphatic heterocycles. The highest BCUT2D eigenvalue weighted by atomic mass is 16.4. The van der Waals surface area contributed by atoms with Crippen molar-refractivity contribution in [2.45, 2.75) is 0 Å². The molecule has 4 nitrogen and oxygen atoms in total. The first-order valence-electron chi connectivity index (χ1n) is 3.77. The molecular formula is C10H7NO3. The van der Waals surface area contributed by atoms with Crippen LogP contribution in [0.2, 0.25) is 0 Å². The number of benzene rings is 1. The fourth-order valence-electron chi connectivity index (χ4n) is 0.947. The van der Waals surface area contributed by atoms with E-state index in [2.05, 4.69) is 0 Å². The number of carbonyl (C=O) groups is 1. The highest BCUT2D eigenvalue weighted by Gasteiger charge is 2.00. The first kappa shape index (κ1) is 9.81. The molecule has 0 aliphatic carbocycles. The smallest absolute Gasteiger partial charge is 0.328 e. The Morgan fingerprint density at radius 1 is 1.50 bits per heavy atom. The second-order valence-corrected chi connectivity index (χ2v) is 2.55. The lowest BCUT2D eigenvalue weighted by Gasteiger charge is -1.97. The molecule has 0 atom stereocenters. The van der Waals surface area contributed by atoms with Crippen LogP contribution in [-0.2, 0) is 4.79 Å². The third-order valence-corrected chi connectivity index (χ3v) is 1.56. The highest BCUT2D eigenvalue weighted by Crippen LogP contribution is 2.16. The standard InChI is InChI=1S/C10H7NO3/c11-6-8-5-9(12)3-1-7(8)2-4-10(13)14/h1-5,12H,(H,13,14)/b4-2-. The van der Waals surface area contributed by atoms with Crippen LogP contribution in [0.4, 0.5) is 0 Å². The minimum atomic E-state index is -1.08. The molecule has 0 heterocycles. The van der Waals surface area contributed by atoms with Crippen molar-refractivity contribution < 1.29 is 15.0 Å². The summed E-state index contributed by atoms with van der Waals surface area (Å²) in [6, 6.07) is 6.01. The predicted octanol–water partition coefficient (Wildman–Crippen LogP) is 1.36. The van der Waals surface area contributed by atoms with Crippen LogP contribution in [0.1, 0.15) is 11.1 Å². The summed E-state index contributed by atoms with van der Waals surface area (Å²) >= 11 is 0. The summed E-state index contributed by atoms with van der Waals surface area (Å²) < 4.78 is 0. The lowest BCUT2D eigenvalue weighted by Crippen LogP contribution is -1.87. The number of aliphatic carboxylic acids is 1. The maximum atomic E-state index is 10.2. The van der Waals surface area contributed by atoms with Crippen LogP contribution in [-0.4, -0.2) is 16.2 Å². The lowest BCUT2D eigenvalue weighted by molar-refractivity contribution is -0.131. The number of carboxylic acid groups (broad SMARTS) is 1. The molecule has 0 fully saturated rings. The zero-order valence-corrected chi connectivity index (χ0v) is 7.14. The topological polar surface area (TPSA) is 81.3 Å². The van der Waals surface area contributed by atoms with Crippen molar-refractivity contribution in [1.29, 1.82) is 5.26 Å². The molecule has 0 spiro atoms.